The molecule has 0 aromatic heterocycles. The van der Waals surface area contributed by atoms with Gasteiger partial charge in [-0.05, 0) is 44.2 Å². The summed E-state index contributed by atoms with van der Waals surface area (Å²) in [6, 6.07) is 4.83. The maximum atomic E-state index is 14.9. The molecule has 1 saturated heterocycles. The van der Waals surface area contributed by atoms with E-state index in [4.69, 9.17) is 14.2 Å². The van der Waals surface area contributed by atoms with Crippen LogP contribution in [0.25, 0.3) is 0 Å². The van der Waals surface area contributed by atoms with Gasteiger partial charge in [0.1, 0.15) is 0 Å². The smallest absolute Gasteiger partial charge is 0.207 e. The van der Waals surface area contributed by atoms with Crippen LogP contribution in [-0.4, -0.2) is 13.2 Å². The fourth-order valence-corrected chi connectivity index (χ4v) is 4.25. The van der Waals surface area contributed by atoms with E-state index < -0.39 is 23.6 Å². The molecule has 2 atom stereocenters. The molecule has 29 heavy (non-hydrogen) atoms. The summed E-state index contributed by atoms with van der Waals surface area (Å²) in [5.74, 6) is -2.63. The van der Waals surface area contributed by atoms with Crippen molar-refractivity contribution in [1.29, 1.82) is 0 Å². The fraction of sp³-hybridized carbons (Fsp3) is 0.478. The number of hydrogen-bond acceptors (Lipinski definition) is 3. The molecule has 0 bridgehead atoms. The molecule has 2 aliphatic rings. The fourth-order valence-electron chi connectivity index (χ4n) is 4.25. The van der Waals surface area contributed by atoms with Crippen LogP contribution < -0.4 is 9.47 Å². The van der Waals surface area contributed by atoms with Gasteiger partial charge in [0.05, 0.1) is 19.3 Å². The third kappa shape index (κ3) is 3.70. The first-order valence-corrected chi connectivity index (χ1v) is 10.3. The topological polar surface area (TPSA) is 27.7 Å². The molecule has 2 aromatic carbocycles. The van der Waals surface area contributed by atoms with Gasteiger partial charge in [-0.15, -0.1) is 0 Å². The first-order valence-electron chi connectivity index (χ1n) is 10.3. The lowest BCUT2D eigenvalue weighted by molar-refractivity contribution is -0.0215. The second kappa shape index (κ2) is 8.27. The van der Waals surface area contributed by atoms with Crippen molar-refractivity contribution >= 4 is 0 Å². The van der Waals surface area contributed by atoms with Crippen LogP contribution in [0.15, 0.2) is 18.2 Å². The zero-order valence-electron chi connectivity index (χ0n) is 16.7. The predicted octanol–water partition coefficient (Wildman–Crippen LogP) is 6.47. The predicted molar refractivity (Wildman–Crippen MR) is 103 cm³/mol. The van der Waals surface area contributed by atoms with Gasteiger partial charge in [0.25, 0.3) is 0 Å². The van der Waals surface area contributed by atoms with Crippen LogP contribution >= 0.6 is 0 Å². The lowest BCUT2D eigenvalue weighted by atomic mass is 9.89. The summed E-state index contributed by atoms with van der Waals surface area (Å²) < 4.78 is 60.9. The SMILES string of the molecule is CCCC1CCC(c2cc3c(c(F)c2F)Oc2c(ccc(OCC)c2F)C3)OC1. The summed E-state index contributed by atoms with van der Waals surface area (Å²) in [6.07, 6.45) is 3.53. The van der Waals surface area contributed by atoms with Crippen molar-refractivity contribution in [3.63, 3.8) is 0 Å². The van der Waals surface area contributed by atoms with Crippen LogP contribution in [0, 0.1) is 23.4 Å². The summed E-state index contributed by atoms with van der Waals surface area (Å²) in [7, 11) is 0. The van der Waals surface area contributed by atoms with Crippen molar-refractivity contribution in [2.45, 2.75) is 52.1 Å². The lowest BCUT2D eigenvalue weighted by Gasteiger charge is -2.30. The summed E-state index contributed by atoms with van der Waals surface area (Å²) >= 11 is 0. The zero-order chi connectivity index (χ0) is 20.5. The second-order valence-corrected chi connectivity index (χ2v) is 7.71. The minimum absolute atomic E-state index is 0.0319. The molecule has 2 unspecified atom stereocenters. The van der Waals surface area contributed by atoms with Gasteiger partial charge in [-0.2, -0.15) is 8.78 Å². The molecule has 2 aliphatic heterocycles. The standard InChI is InChI=1S/C23H25F3O3/c1-3-5-13-6-8-17(28-12-13)16-11-15-10-14-7-9-18(27-4-2)20(25)22(14)29-23(15)21(26)19(16)24/h7,9,11,13,17H,3-6,8,10,12H2,1-2H3. The molecule has 0 spiro atoms. The molecule has 156 valence electrons. The Hall–Kier alpha value is -2.21. The van der Waals surface area contributed by atoms with E-state index in [1.54, 1.807) is 19.1 Å². The summed E-state index contributed by atoms with van der Waals surface area (Å²) in [5.41, 5.74) is 1.28. The van der Waals surface area contributed by atoms with E-state index in [-0.39, 0.29) is 29.2 Å². The summed E-state index contributed by atoms with van der Waals surface area (Å²) in [6.45, 7) is 4.71. The number of fused-ring (bicyclic) bond motifs is 2. The molecule has 1 fully saturated rings. The second-order valence-electron chi connectivity index (χ2n) is 7.71. The van der Waals surface area contributed by atoms with Gasteiger partial charge in [0, 0.05) is 23.1 Å². The Bertz CT molecular complexity index is 905. The molecular formula is C23H25F3O3. The van der Waals surface area contributed by atoms with Crippen molar-refractivity contribution in [1.82, 2.24) is 0 Å². The summed E-state index contributed by atoms with van der Waals surface area (Å²) in [4.78, 5) is 0. The van der Waals surface area contributed by atoms with Gasteiger partial charge in [-0.3, -0.25) is 0 Å². The van der Waals surface area contributed by atoms with Crippen molar-refractivity contribution in [3.05, 3.63) is 52.3 Å². The minimum Gasteiger partial charge on any atom is -0.491 e. The van der Waals surface area contributed by atoms with Gasteiger partial charge in [-0.1, -0.05) is 19.4 Å². The van der Waals surface area contributed by atoms with Crippen LogP contribution in [0.4, 0.5) is 13.2 Å². The van der Waals surface area contributed by atoms with Gasteiger partial charge in [-0.25, -0.2) is 4.39 Å². The minimum atomic E-state index is -1.09. The van der Waals surface area contributed by atoms with Crippen molar-refractivity contribution in [3.8, 4) is 17.2 Å². The molecular weight excluding hydrogens is 381 g/mol. The first kappa shape index (κ1) is 20.1. The molecule has 4 rings (SSSR count). The van der Waals surface area contributed by atoms with Crippen LogP contribution in [0.2, 0.25) is 0 Å². The number of benzene rings is 2. The Balaban J connectivity index is 1.63. The van der Waals surface area contributed by atoms with Crippen LogP contribution in [0.1, 0.15) is 62.3 Å². The third-order valence-electron chi connectivity index (χ3n) is 5.71. The molecule has 3 nitrogen and oxygen atoms in total. The Morgan fingerprint density at radius 3 is 2.48 bits per heavy atom. The lowest BCUT2D eigenvalue weighted by Crippen LogP contribution is -2.22. The summed E-state index contributed by atoms with van der Waals surface area (Å²) in [5, 5.41) is 0. The van der Waals surface area contributed by atoms with Gasteiger partial charge < -0.3 is 14.2 Å². The normalized spacial score (nSPS) is 20.6. The maximum Gasteiger partial charge on any atom is 0.207 e. The highest BCUT2D eigenvalue weighted by Crippen LogP contribution is 2.45. The van der Waals surface area contributed by atoms with E-state index in [2.05, 4.69) is 6.92 Å². The van der Waals surface area contributed by atoms with Crippen LogP contribution in [-0.2, 0) is 11.2 Å². The van der Waals surface area contributed by atoms with E-state index in [0.29, 0.717) is 36.7 Å². The zero-order valence-corrected chi connectivity index (χ0v) is 16.7. The average Bonchev–Trinajstić information content (AvgIpc) is 2.73. The molecule has 2 aromatic rings. The van der Waals surface area contributed by atoms with Crippen molar-refractivity contribution < 1.29 is 27.4 Å². The molecule has 0 amide bonds. The Morgan fingerprint density at radius 2 is 1.79 bits per heavy atom. The highest BCUT2D eigenvalue weighted by molar-refractivity contribution is 5.55. The Morgan fingerprint density at radius 1 is 1.00 bits per heavy atom. The van der Waals surface area contributed by atoms with E-state index in [1.165, 1.54) is 6.07 Å². The van der Waals surface area contributed by atoms with E-state index >= 15 is 0 Å². The molecule has 0 radical (unpaired) electrons. The quantitative estimate of drug-likeness (QED) is 0.486. The highest BCUT2D eigenvalue weighted by Gasteiger charge is 2.32. The monoisotopic (exact) mass is 406 g/mol. The van der Waals surface area contributed by atoms with Crippen LogP contribution in [0.5, 0.6) is 17.2 Å². The highest BCUT2D eigenvalue weighted by atomic mass is 19.2. The number of ether oxygens (including phenoxy) is 3. The average molecular weight is 406 g/mol. The van der Waals surface area contributed by atoms with Gasteiger partial charge in [0.15, 0.2) is 23.1 Å². The maximum absolute atomic E-state index is 14.9. The molecule has 6 heteroatoms. The van der Waals surface area contributed by atoms with Crippen molar-refractivity contribution in [2.75, 3.05) is 13.2 Å². The molecule has 0 saturated carbocycles. The van der Waals surface area contributed by atoms with E-state index in [1.807, 2.05) is 0 Å². The van der Waals surface area contributed by atoms with Crippen molar-refractivity contribution in [2.24, 2.45) is 5.92 Å². The van der Waals surface area contributed by atoms with Crippen LogP contribution in [0.3, 0.4) is 0 Å². The molecule has 2 heterocycles. The van der Waals surface area contributed by atoms with Gasteiger partial charge >= 0.3 is 0 Å². The number of rotatable bonds is 5. The largest absolute Gasteiger partial charge is 0.491 e. The number of halogens is 3. The van der Waals surface area contributed by atoms with E-state index in [0.717, 1.165) is 19.3 Å². The Labute approximate surface area is 168 Å². The van der Waals surface area contributed by atoms with Gasteiger partial charge in [0.2, 0.25) is 11.6 Å². The molecule has 0 N–H and O–H groups in total. The Kier molecular flexibility index (Phi) is 5.72. The third-order valence-corrected chi connectivity index (χ3v) is 5.71. The number of hydrogen-bond donors (Lipinski definition) is 0. The molecule has 0 aliphatic carbocycles. The first-order chi connectivity index (χ1) is 14.0. The van der Waals surface area contributed by atoms with E-state index in [9.17, 15) is 13.2 Å².